The highest BCUT2D eigenvalue weighted by Crippen LogP contribution is 2.33. The summed E-state index contributed by atoms with van der Waals surface area (Å²) in [6, 6.07) is 20.7. The molecule has 0 aromatic heterocycles. The van der Waals surface area contributed by atoms with Gasteiger partial charge in [-0.15, -0.1) is 0 Å². The van der Waals surface area contributed by atoms with Crippen LogP contribution in [-0.4, -0.2) is 55.2 Å². The number of Topliss-reactive ketones (excluding diaryl/α,β-unsaturated/α-hetero) is 1. The van der Waals surface area contributed by atoms with Crippen molar-refractivity contribution in [3.63, 3.8) is 0 Å². The molecule has 216 valence electrons. The molecule has 0 amide bonds. The number of unbranched alkanes of at least 4 members (excludes halogenated alkanes) is 6. The Morgan fingerprint density at radius 3 is 1.92 bits per heavy atom. The SMILES string of the molecule is CCCCCCCN(C)[C@@H]1[C@@H](OCC(=O)CCCCC)[C@@H](OCc2ccccc2)C[C@H]1OCc1ccccc1. The Labute approximate surface area is 237 Å². The normalized spacial score (nSPS) is 21.0. The summed E-state index contributed by atoms with van der Waals surface area (Å²) in [5.74, 6) is 0.180. The Morgan fingerprint density at radius 1 is 0.744 bits per heavy atom. The molecule has 0 heterocycles. The quantitative estimate of drug-likeness (QED) is 0.165. The molecule has 2 aromatic carbocycles. The molecular formula is C34H51NO4. The molecule has 4 atom stereocenters. The van der Waals surface area contributed by atoms with Gasteiger partial charge < -0.3 is 14.2 Å². The number of ketones is 1. The number of rotatable bonds is 20. The molecular weight excluding hydrogens is 486 g/mol. The third-order valence-corrected chi connectivity index (χ3v) is 7.78. The second kappa shape index (κ2) is 18.3. The minimum atomic E-state index is -0.217. The van der Waals surface area contributed by atoms with E-state index in [9.17, 15) is 4.79 Å². The van der Waals surface area contributed by atoms with E-state index in [0.717, 1.165) is 49.8 Å². The average molecular weight is 538 g/mol. The van der Waals surface area contributed by atoms with Crippen LogP contribution in [0.2, 0.25) is 0 Å². The van der Waals surface area contributed by atoms with E-state index in [1.807, 2.05) is 24.3 Å². The maximum atomic E-state index is 12.7. The van der Waals surface area contributed by atoms with Gasteiger partial charge in [0.2, 0.25) is 0 Å². The first-order chi connectivity index (χ1) is 19.1. The molecule has 5 heteroatoms. The van der Waals surface area contributed by atoms with Crippen molar-refractivity contribution in [1.29, 1.82) is 0 Å². The number of benzene rings is 2. The van der Waals surface area contributed by atoms with Gasteiger partial charge in [-0.1, -0.05) is 113 Å². The van der Waals surface area contributed by atoms with Crippen LogP contribution < -0.4 is 0 Å². The molecule has 2 aromatic rings. The van der Waals surface area contributed by atoms with Crippen molar-refractivity contribution in [3.05, 3.63) is 71.8 Å². The Hall–Kier alpha value is -2.05. The first-order valence-corrected chi connectivity index (χ1v) is 15.3. The van der Waals surface area contributed by atoms with Crippen molar-refractivity contribution in [2.75, 3.05) is 20.2 Å². The highest BCUT2D eigenvalue weighted by molar-refractivity contribution is 5.79. The molecule has 5 nitrogen and oxygen atoms in total. The first kappa shape index (κ1) is 31.5. The maximum Gasteiger partial charge on any atom is 0.158 e. The first-order valence-electron chi connectivity index (χ1n) is 15.3. The molecule has 39 heavy (non-hydrogen) atoms. The number of nitrogens with zero attached hydrogens (tertiary/aromatic N) is 1. The third kappa shape index (κ3) is 11.2. The second-order valence-corrected chi connectivity index (χ2v) is 11.1. The highest BCUT2D eigenvalue weighted by Gasteiger charge is 2.47. The Bertz CT molecular complexity index is 906. The van der Waals surface area contributed by atoms with Crippen LogP contribution >= 0.6 is 0 Å². The standard InChI is InChI=1S/C34H51NO4/c1-4-6-8-9-17-23-35(3)33-31(37-25-28-18-13-10-14-19-28)24-32(38-26-29-20-15-11-16-21-29)34(33)39-27-30(36)22-12-7-5-2/h10-11,13-16,18-21,31-34H,4-9,12,17,22-27H2,1-3H3/t31-,32+,33+,34+/m1/s1. The van der Waals surface area contributed by atoms with Gasteiger partial charge in [-0.25, -0.2) is 0 Å². The fraction of sp³-hybridized carbons (Fsp3) is 0.618. The van der Waals surface area contributed by atoms with E-state index >= 15 is 0 Å². The molecule has 1 aliphatic carbocycles. The zero-order valence-corrected chi connectivity index (χ0v) is 24.6. The number of hydrogen-bond acceptors (Lipinski definition) is 5. The molecule has 0 radical (unpaired) electrons. The topological polar surface area (TPSA) is 48.0 Å². The fourth-order valence-electron chi connectivity index (χ4n) is 5.51. The smallest absolute Gasteiger partial charge is 0.158 e. The Balaban J connectivity index is 1.73. The molecule has 0 unspecified atom stereocenters. The van der Waals surface area contributed by atoms with E-state index in [1.54, 1.807) is 0 Å². The summed E-state index contributed by atoms with van der Waals surface area (Å²) in [6.07, 6.45) is 10.3. The van der Waals surface area contributed by atoms with Crippen LogP contribution in [0.1, 0.15) is 89.2 Å². The van der Waals surface area contributed by atoms with Gasteiger partial charge in [0, 0.05) is 12.8 Å². The number of hydrogen-bond donors (Lipinski definition) is 0. The summed E-state index contributed by atoms with van der Waals surface area (Å²) in [5, 5.41) is 0. The van der Waals surface area contributed by atoms with Crippen molar-refractivity contribution in [2.45, 2.75) is 116 Å². The lowest BCUT2D eigenvalue weighted by Crippen LogP contribution is -2.49. The van der Waals surface area contributed by atoms with E-state index in [1.165, 1.54) is 25.7 Å². The van der Waals surface area contributed by atoms with E-state index in [4.69, 9.17) is 14.2 Å². The van der Waals surface area contributed by atoms with E-state index in [0.29, 0.717) is 19.6 Å². The van der Waals surface area contributed by atoms with Gasteiger partial charge in [-0.05, 0) is 37.6 Å². The molecule has 1 fully saturated rings. The summed E-state index contributed by atoms with van der Waals surface area (Å²) in [5.41, 5.74) is 2.30. The molecule has 1 aliphatic rings. The number of carbonyl (C=O) groups is 1. The zero-order chi connectivity index (χ0) is 27.7. The van der Waals surface area contributed by atoms with Gasteiger partial charge in [0.15, 0.2) is 5.78 Å². The van der Waals surface area contributed by atoms with Crippen molar-refractivity contribution in [1.82, 2.24) is 4.90 Å². The van der Waals surface area contributed by atoms with Gasteiger partial charge in [0.25, 0.3) is 0 Å². The van der Waals surface area contributed by atoms with Crippen LogP contribution in [0.25, 0.3) is 0 Å². The lowest BCUT2D eigenvalue weighted by molar-refractivity contribution is -0.133. The summed E-state index contributed by atoms with van der Waals surface area (Å²) in [4.78, 5) is 15.1. The third-order valence-electron chi connectivity index (χ3n) is 7.78. The summed E-state index contributed by atoms with van der Waals surface area (Å²) < 4.78 is 19.6. The van der Waals surface area contributed by atoms with Gasteiger partial charge in [0.05, 0.1) is 31.5 Å². The molecule has 3 rings (SSSR count). The second-order valence-electron chi connectivity index (χ2n) is 11.1. The molecule has 1 saturated carbocycles. The van der Waals surface area contributed by atoms with Crippen LogP contribution in [0, 0.1) is 0 Å². The van der Waals surface area contributed by atoms with Crippen molar-refractivity contribution in [3.8, 4) is 0 Å². The van der Waals surface area contributed by atoms with Gasteiger partial charge in [-0.3, -0.25) is 9.69 Å². The monoisotopic (exact) mass is 537 g/mol. The molecule has 0 saturated heterocycles. The zero-order valence-electron chi connectivity index (χ0n) is 24.6. The van der Waals surface area contributed by atoms with Gasteiger partial charge >= 0.3 is 0 Å². The maximum absolute atomic E-state index is 12.7. The van der Waals surface area contributed by atoms with Crippen molar-refractivity contribution < 1.29 is 19.0 Å². The molecule has 0 aliphatic heterocycles. The molecule has 0 bridgehead atoms. The number of likely N-dealkylation sites (N-methyl/N-ethyl adjacent to an activating group) is 1. The van der Waals surface area contributed by atoms with Crippen LogP contribution in [-0.2, 0) is 32.2 Å². The summed E-state index contributed by atoms with van der Waals surface area (Å²) >= 11 is 0. The van der Waals surface area contributed by atoms with Gasteiger partial charge in [-0.2, -0.15) is 0 Å². The largest absolute Gasteiger partial charge is 0.372 e. The lowest BCUT2D eigenvalue weighted by Gasteiger charge is -2.34. The van der Waals surface area contributed by atoms with Crippen LogP contribution in [0.4, 0.5) is 0 Å². The van der Waals surface area contributed by atoms with E-state index in [2.05, 4.69) is 62.2 Å². The summed E-state index contributed by atoms with van der Waals surface area (Å²) in [7, 11) is 2.18. The van der Waals surface area contributed by atoms with Gasteiger partial charge in [0.1, 0.15) is 12.7 Å². The highest BCUT2D eigenvalue weighted by atomic mass is 16.6. The predicted octanol–water partition coefficient (Wildman–Crippen LogP) is 7.37. The minimum absolute atomic E-state index is 0.0316. The van der Waals surface area contributed by atoms with E-state index in [-0.39, 0.29) is 36.7 Å². The van der Waals surface area contributed by atoms with Crippen LogP contribution in [0.5, 0.6) is 0 Å². The average Bonchev–Trinajstić information content (AvgIpc) is 3.32. The molecule has 0 N–H and O–H groups in total. The van der Waals surface area contributed by atoms with Crippen molar-refractivity contribution >= 4 is 5.78 Å². The Morgan fingerprint density at radius 2 is 1.31 bits per heavy atom. The molecule has 0 spiro atoms. The number of carbonyl (C=O) groups excluding carboxylic acids is 1. The predicted molar refractivity (Wildman–Crippen MR) is 159 cm³/mol. The fourth-order valence-corrected chi connectivity index (χ4v) is 5.51. The number of ether oxygens (including phenoxy) is 3. The van der Waals surface area contributed by atoms with Crippen LogP contribution in [0.3, 0.4) is 0 Å². The Kier molecular flexibility index (Phi) is 14.8. The van der Waals surface area contributed by atoms with Crippen molar-refractivity contribution in [2.24, 2.45) is 0 Å². The lowest BCUT2D eigenvalue weighted by atomic mass is 10.1. The summed E-state index contributed by atoms with van der Waals surface area (Å²) in [6.45, 7) is 6.61. The minimum Gasteiger partial charge on any atom is -0.372 e. The van der Waals surface area contributed by atoms with Crippen LogP contribution in [0.15, 0.2) is 60.7 Å². The van der Waals surface area contributed by atoms with E-state index < -0.39 is 0 Å².